The number of aryl methyl sites for hydroxylation is 2. The van der Waals surface area contributed by atoms with Crippen LogP contribution < -0.4 is 10.1 Å². The van der Waals surface area contributed by atoms with E-state index >= 15 is 0 Å². The van der Waals surface area contributed by atoms with Crippen LogP contribution in [0.3, 0.4) is 0 Å². The van der Waals surface area contributed by atoms with E-state index in [4.69, 9.17) is 4.74 Å². The van der Waals surface area contributed by atoms with Crippen LogP contribution in [0.1, 0.15) is 24.0 Å². The molecule has 1 N–H and O–H groups in total. The van der Waals surface area contributed by atoms with Crippen molar-refractivity contribution in [3.63, 3.8) is 0 Å². The molecule has 1 aliphatic rings. The van der Waals surface area contributed by atoms with Crippen molar-refractivity contribution in [1.82, 2.24) is 10.2 Å². The maximum Gasteiger partial charge on any atom is 0.324 e. The average Bonchev–Trinajstić information content (AvgIpc) is 2.79. The number of hydrogen-bond donors (Lipinski definition) is 1. The number of ether oxygens (including phenoxy) is 1. The summed E-state index contributed by atoms with van der Waals surface area (Å²) in [4.78, 5) is 25.3. The number of amides is 3. The van der Waals surface area contributed by atoms with Gasteiger partial charge in [0.2, 0.25) is 0 Å². The number of urea groups is 1. The fourth-order valence-electron chi connectivity index (χ4n) is 2.49. The molecule has 2 rings (SSSR count). The molecule has 3 amide bonds. The average molecular weight is 336 g/mol. The number of rotatable bonds is 8. The Balaban J connectivity index is 1.78. The zero-order valence-corrected chi connectivity index (χ0v) is 14.7. The summed E-state index contributed by atoms with van der Waals surface area (Å²) in [5.41, 5.74) is 2.24. The molecule has 1 fully saturated rings. The molecule has 1 saturated heterocycles. The van der Waals surface area contributed by atoms with E-state index < -0.39 is 0 Å². The number of imide groups is 1. The van der Waals surface area contributed by atoms with Gasteiger partial charge in [-0.25, -0.2) is 4.79 Å². The second-order valence-corrected chi connectivity index (χ2v) is 6.73. The van der Waals surface area contributed by atoms with Crippen LogP contribution in [0.5, 0.6) is 5.75 Å². The van der Waals surface area contributed by atoms with Crippen molar-refractivity contribution < 1.29 is 14.3 Å². The first kappa shape index (κ1) is 17.7. The minimum atomic E-state index is -0.366. The number of carbonyl (C=O) groups excluding carboxylic acids is 2. The molecule has 0 unspecified atom stereocenters. The SMILES string of the molecule is CSCC[C@@H]1NC(=O)N(CCCOc2cc(C)ccc2C)C1=O. The van der Waals surface area contributed by atoms with E-state index in [0.29, 0.717) is 26.0 Å². The second-order valence-electron chi connectivity index (χ2n) is 5.74. The minimum absolute atomic E-state index is 0.115. The third kappa shape index (κ3) is 4.64. The van der Waals surface area contributed by atoms with E-state index in [1.807, 2.05) is 38.3 Å². The van der Waals surface area contributed by atoms with Crippen LogP contribution in [0.2, 0.25) is 0 Å². The van der Waals surface area contributed by atoms with E-state index in [2.05, 4.69) is 5.32 Å². The van der Waals surface area contributed by atoms with Gasteiger partial charge in [-0.1, -0.05) is 12.1 Å². The number of nitrogens with one attached hydrogen (secondary N) is 1. The Hall–Kier alpha value is -1.69. The first-order chi connectivity index (χ1) is 11.0. The van der Waals surface area contributed by atoms with E-state index in [1.165, 1.54) is 4.90 Å². The summed E-state index contributed by atoms with van der Waals surface area (Å²) >= 11 is 1.67. The van der Waals surface area contributed by atoms with Gasteiger partial charge in [0.15, 0.2) is 0 Å². The highest BCUT2D eigenvalue weighted by molar-refractivity contribution is 7.98. The third-order valence-corrected chi connectivity index (χ3v) is 4.49. The summed E-state index contributed by atoms with van der Waals surface area (Å²) in [7, 11) is 0. The predicted octanol–water partition coefficient (Wildman–Crippen LogP) is 2.75. The number of thioether (sulfide) groups is 1. The second kappa shape index (κ2) is 8.24. The molecule has 5 nitrogen and oxygen atoms in total. The highest BCUT2D eigenvalue weighted by Gasteiger charge is 2.36. The van der Waals surface area contributed by atoms with Crippen molar-refractivity contribution in [2.75, 3.05) is 25.2 Å². The first-order valence-corrected chi connectivity index (χ1v) is 9.23. The van der Waals surface area contributed by atoms with E-state index in [1.54, 1.807) is 11.8 Å². The van der Waals surface area contributed by atoms with Crippen molar-refractivity contribution >= 4 is 23.7 Å². The first-order valence-electron chi connectivity index (χ1n) is 7.84. The van der Waals surface area contributed by atoms with Gasteiger partial charge in [-0.15, -0.1) is 0 Å². The lowest BCUT2D eigenvalue weighted by Crippen LogP contribution is -2.33. The molecule has 1 atom stereocenters. The van der Waals surface area contributed by atoms with Gasteiger partial charge in [-0.3, -0.25) is 9.69 Å². The van der Waals surface area contributed by atoms with Gasteiger partial charge in [0, 0.05) is 6.54 Å². The Labute approximate surface area is 141 Å². The molecule has 0 saturated carbocycles. The Kier molecular flexibility index (Phi) is 6.33. The molecule has 0 spiro atoms. The van der Waals surface area contributed by atoms with Crippen LogP contribution >= 0.6 is 11.8 Å². The minimum Gasteiger partial charge on any atom is -0.493 e. The molecular weight excluding hydrogens is 312 g/mol. The molecule has 0 aromatic heterocycles. The lowest BCUT2D eigenvalue weighted by atomic mass is 10.1. The maximum absolute atomic E-state index is 12.2. The summed E-state index contributed by atoms with van der Waals surface area (Å²) in [6, 6.07) is 5.42. The van der Waals surface area contributed by atoms with Crippen molar-refractivity contribution in [3.05, 3.63) is 29.3 Å². The van der Waals surface area contributed by atoms with Crippen LogP contribution in [0, 0.1) is 13.8 Å². The highest BCUT2D eigenvalue weighted by atomic mass is 32.2. The zero-order chi connectivity index (χ0) is 16.8. The summed E-state index contributed by atoms with van der Waals surface area (Å²) in [5.74, 6) is 1.61. The third-order valence-electron chi connectivity index (χ3n) is 3.84. The maximum atomic E-state index is 12.2. The molecule has 0 bridgehead atoms. The lowest BCUT2D eigenvalue weighted by molar-refractivity contribution is -0.127. The van der Waals surface area contributed by atoms with Gasteiger partial charge < -0.3 is 10.1 Å². The molecular formula is C17H24N2O3S. The van der Waals surface area contributed by atoms with Gasteiger partial charge >= 0.3 is 6.03 Å². The molecule has 6 heteroatoms. The van der Waals surface area contributed by atoms with Crippen molar-refractivity contribution in [3.8, 4) is 5.75 Å². The van der Waals surface area contributed by atoms with Crippen LogP contribution in [-0.2, 0) is 4.79 Å². The van der Waals surface area contributed by atoms with E-state index in [-0.39, 0.29) is 18.0 Å². The molecule has 1 aromatic rings. The summed E-state index contributed by atoms with van der Waals surface area (Å²) in [5, 5.41) is 2.75. The Morgan fingerprint density at radius 3 is 2.83 bits per heavy atom. The quantitative estimate of drug-likeness (QED) is 0.586. The zero-order valence-electron chi connectivity index (χ0n) is 13.9. The molecule has 0 radical (unpaired) electrons. The summed E-state index contributed by atoms with van der Waals surface area (Å²) < 4.78 is 5.77. The smallest absolute Gasteiger partial charge is 0.324 e. The lowest BCUT2D eigenvalue weighted by Gasteiger charge is -2.14. The molecule has 1 heterocycles. The molecule has 0 aliphatic carbocycles. The number of hydrogen-bond acceptors (Lipinski definition) is 4. The Morgan fingerprint density at radius 1 is 1.30 bits per heavy atom. The molecule has 23 heavy (non-hydrogen) atoms. The predicted molar refractivity (Wildman–Crippen MR) is 93.1 cm³/mol. The van der Waals surface area contributed by atoms with Gasteiger partial charge in [0.25, 0.3) is 5.91 Å². The molecule has 1 aliphatic heterocycles. The summed E-state index contributed by atoms with van der Waals surface area (Å²) in [6.07, 6.45) is 3.30. The van der Waals surface area contributed by atoms with Crippen molar-refractivity contribution in [2.45, 2.75) is 32.7 Å². The highest BCUT2D eigenvalue weighted by Crippen LogP contribution is 2.19. The fraction of sp³-hybridized carbons (Fsp3) is 0.529. The molecule has 1 aromatic carbocycles. The topological polar surface area (TPSA) is 58.6 Å². The Bertz CT molecular complexity index is 577. The summed E-state index contributed by atoms with van der Waals surface area (Å²) in [6.45, 7) is 4.90. The largest absolute Gasteiger partial charge is 0.493 e. The van der Waals surface area contributed by atoms with Crippen LogP contribution in [-0.4, -0.2) is 48.0 Å². The normalized spacial score (nSPS) is 17.5. The van der Waals surface area contributed by atoms with Gasteiger partial charge in [-0.2, -0.15) is 11.8 Å². The van der Waals surface area contributed by atoms with Crippen molar-refractivity contribution in [2.24, 2.45) is 0 Å². The number of carbonyl (C=O) groups is 2. The van der Waals surface area contributed by atoms with Gasteiger partial charge in [0.1, 0.15) is 11.8 Å². The Morgan fingerprint density at radius 2 is 2.09 bits per heavy atom. The van der Waals surface area contributed by atoms with Crippen LogP contribution in [0.25, 0.3) is 0 Å². The fourth-order valence-corrected chi connectivity index (χ4v) is 2.96. The van der Waals surface area contributed by atoms with Gasteiger partial charge in [-0.05, 0) is 55.9 Å². The standard InChI is InChI=1S/C17H24N2O3S/c1-12-5-6-13(2)15(11-12)22-9-4-8-19-16(20)14(7-10-23-3)18-17(19)21/h5-6,11,14H,4,7-10H2,1-3H3,(H,18,21)/t14-/m0/s1. The number of nitrogens with zero attached hydrogens (tertiary/aromatic N) is 1. The molecule has 126 valence electrons. The van der Waals surface area contributed by atoms with E-state index in [0.717, 1.165) is 22.6 Å². The monoisotopic (exact) mass is 336 g/mol. The van der Waals surface area contributed by atoms with E-state index in [9.17, 15) is 9.59 Å². The van der Waals surface area contributed by atoms with Gasteiger partial charge in [0.05, 0.1) is 6.61 Å². The van der Waals surface area contributed by atoms with Crippen LogP contribution in [0.15, 0.2) is 18.2 Å². The van der Waals surface area contributed by atoms with Crippen LogP contribution in [0.4, 0.5) is 4.79 Å². The van der Waals surface area contributed by atoms with Crippen molar-refractivity contribution in [1.29, 1.82) is 0 Å². The number of benzene rings is 1.